The third-order valence-corrected chi connectivity index (χ3v) is 5.03. The number of carbonyl (C=O) groups is 1. The van der Waals surface area contributed by atoms with Gasteiger partial charge in [-0.15, -0.1) is 0 Å². The average Bonchev–Trinajstić information content (AvgIpc) is 2.91. The summed E-state index contributed by atoms with van der Waals surface area (Å²) in [4.78, 5) is 14.9. The first-order valence-corrected chi connectivity index (χ1v) is 7.87. The summed E-state index contributed by atoms with van der Waals surface area (Å²) in [5.41, 5.74) is 1.65. The lowest BCUT2D eigenvalue weighted by Gasteiger charge is -2.44. The first-order chi connectivity index (χ1) is 10.2. The molecule has 2 aromatic heterocycles. The number of amides is 1. The van der Waals surface area contributed by atoms with Crippen LogP contribution in [0, 0.1) is 5.92 Å². The minimum Gasteiger partial charge on any atom is -0.348 e. The third-order valence-electron chi connectivity index (χ3n) is 4.79. The summed E-state index contributed by atoms with van der Waals surface area (Å²) in [6.07, 6.45) is 6.15. The van der Waals surface area contributed by atoms with Gasteiger partial charge in [0.1, 0.15) is 0 Å². The van der Waals surface area contributed by atoms with E-state index in [9.17, 15) is 4.79 Å². The fourth-order valence-electron chi connectivity index (χ4n) is 3.59. The number of piperidine rings is 3. The van der Waals surface area contributed by atoms with Gasteiger partial charge in [-0.05, 0) is 50.0 Å². The summed E-state index contributed by atoms with van der Waals surface area (Å²) in [6, 6.07) is 5.88. The molecule has 5 rings (SSSR count). The molecule has 21 heavy (non-hydrogen) atoms. The van der Waals surface area contributed by atoms with Crippen molar-refractivity contribution in [1.82, 2.24) is 14.6 Å². The molecule has 5 heterocycles. The van der Waals surface area contributed by atoms with Crippen LogP contribution in [0.3, 0.4) is 0 Å². The standard InChI is InChI=1S/C16H18ClN3O/c17-13-3-6-20-9-12(7-14(20)8-13)16(21)18-15-10-19-4-1-11(15)2-5-19/h3,6-9,11,15H,1-2,4-5,10H2,(H,18,21)/t15-/m0/s1. The minimum atomic E-state index is 0.0218. The molecule has 1 amide bonds. The lowest BCUT2D eigenvalue weighted by Crippen LogP contribution is -2.57. The molecular formula is C16H18ClN3O. The highest BCUT2D eigenvalue weighted by Crippen LogP contribution is 2.27. The molecule has 5 heteroatoms. The van der Waals surface area contributed by atoms with E-state index in [0.717, 1.165) is 12.1 Å². The first kappa shape index (κ1) is 13.2. The highest BCUT2D eigenvalue weighted by atomic mass is 35.5. The molecule has 110 valence electrons. The van der Waals surface area contributed by atoms with Crippen LogP contribution >= 0.6 is 11.6 Å². The molecule has 2 aromatic rings. The fourth-order valence-corrected chi connectivity index (χ4v) is 3.75. The Labute approximate surface area is 128 Å². The molecule has 3 aliphatic heterocycles. The number of nitrogens with one attached hydrogen (secondary N) is 1. The summed E-state index contributed by atoms with van der Waals surface area (Å²) in [5.74, 6) is 0.666. The zero-order valence-corrected chi connectivity index (χ0v) is 12.5. The van der Waals surface area contributed by atoms with Crippen molar-refractivity contribution in [1.29, 1.82) is 0 Å². The Morgan fingerprint density at radius 3 is 2.81 bits per heavy atom. The maximum atomic E-state index is 12.5. The maximum absolute atomic E-state index is 12.5. The van der Waals surface area contributed by atoms with Gasteiger partial charge in [-0.2, -0.15) is 0 Å². The quantitative estimate of drug-likeness (QED) is 0.925. The maximum Gasteiger partial charge on any atom is 0.253 e. The van der Waals surface area contributed by atoms with Crippen LogP contribution in [0.25, 0.3) is 5.52 Å². The third kappa shape index (κ3) is 2.43. The van der Waals surface area contributed by atoms with Gasteiger partial charge in [0, 0.05) is 35.5 Å². The zero-order valence-electron chi connectivity index (χ0n) is 11.8. The van der Waals surface area contributed by atoms with Crippen molar-refractivity contribution in [3.8, 4) is 0 Å². The van der Waals surface area contributed by atoms with Crippen LogP contribution in [-0.2, 0) is 0 Å². The van der Waals surface area contributed by atoms with Crippen molar-refractivity contribution >= 4 is 23.0 Å². The lowest BCUT2D eigenvalue weighted by molar-refractivity contribution is 0.0620. The predicted molar refractivity (Wildman–Crippen MR) is 82.8 cm³/mol. The Bertz CT molecular complexity index is 688. The van der Waals surface area contributed by atoms with E-state index >= 15 is 0 Å². The molecule has 0 aliphatic carbocycles. The predicted octanol–water partition coefficient (Wildman–Crippen LogP) is 2.42. The molecule has 3 aliphatic rings. The monoisotopic (exact) mass is 303 g/mol. The number of fused-ring (bicyclic) bond motifs is 4. The van der Waals surface area contributed by atoms with E-state index in [1.807, 2.05) is 35.0 Å². The van der Waals surface area contributed by atoms with E-state index in [0.29, 0.717) is 22.5 Å². The van der Waals surface area contributed by atoms with Gasteiger partial charge in [0.2, 0.25) is 0 Å². The molecule has 0 spiro atoms. The second-order valence-corrected chi connectivity index (χ2v) is 6.56. The van der Waals surface area contributed by atoms with Crippen molar-refractivity contribution in [2.45, 2.75) is 18.9 Å². The summed E-state index contributed by atoms with van der Waals surface area (Å²) in [6.45, 7) is 3.37. The fraction of sp³-hybridized carbons (Fsp3) is 0.438. The Kier molecular flexibility index (Phi) is 3.16. The number of halogens is 1. The number of nitrogens with zero attached hydrogens (tertiary/aromatic N) is 2. The Morgan fingerprint density at radius 1 is 1.29 bits per heavy atom. The molecule has 3 saturated heterocycles. The van der Waals surface area contributed by atoms with E-state index in [-0.39, 0.29) is 5.91 Å². The number of pyridine rings is 1. The van der Waals surface area contributed by atoms with Crippen LogP contribution in [-0.4, -0.2) is 40.9 Å². The van der Waals surface area contributed by atoms with E-state index < -0.39 is 0 Å². The summed E-state index contributed by atoms with van der Waals surface area (Å²) >= 11 is 5.99. The highest BCUT2D eigenvalue weighted by Gasteiger charge is 2.35. The number of carbonyl (C=O) groups excluding carboxylic acids is 1. The molecule has 2 bridgehead atoms. The van der Waals surface area contributed by atoms with Crippen molar-refractivity contribution < 1.29 is 4.79 Å². The van der Waals surface area contributed by atoms with Gasteiger partial charge >= 0.3 is 0 Å². The van der Waals surface area contributed by atoms with E-state index in [4.69, 9.17) is 11.6 Å². The number of rotatable bonds is 2. The molecule has 0 radical (unpaired) electrons. The van der Waals surface area contributed by atoms with Crippen LogP contribution in [0.5, 0.6) is 0 Å². The molecule has 1 atom stereocenters. The second kappa shape index (κ2) is 5.04. The van der Waals surface area contributed by atoms with Crippen LogP contribution in [0.2, 0.25) is 5.02 Å². The molecule has 0 saturated carbocycles. The second-order valence-electron chi connectivity index (χ2n) is 6.12. The summed E-state index contributed by atoms with van der Waals surface area (Å²) < 4.78 is 1.93. The van der Waals surface area contributed by atoms with Gasteiger partial charge in [-0.1, -0.05) is 11.6 Å². The van der Waals surface area contributed by atoms with Gasteiger partial charge in [-0.3, -0.25) is 4.79 Å². The van der Waals surface area contributed by atoms with Crippen molar-refractivity contribution in [3.05, 3.63) is 41.2 Å². The van der Waals surface area contributed by atoms with E-state index in [1.54, 1.807) is 0 Å². The number of aromatic nitrogens is 1. The van der Waals surface area contributed by atoms with E-state index in [2.05, 4.69) is 10.2 Å². The number of hydrogen-bond acceptors (Lipinski definition) is 2. The highest BCUT2D eigenvalue weighted by molar-refractivity contribution is 6.30. The molecule has 4 nitrogen and oxygen atoms in total. The Morgan fingerprint density at radius 2 is 2.10 bits per heavy atom. The largest absolute Gasteiger partial charge is 0.348 e. The molecule has 0 aromatic carbocycles. The summed E-state index contributed by atoms with van der Waals surface area (Å²) in [5, 5.41) is 3.90. The van der Waals surface area contributed by atoms with Gasteiger partial charge in [0.15, 0.2) is 0 Å². The van der Waals surface area contributed by atoms with Crippen LogP contribution in [0.15, 0.2) is 30.6 Å². The molecule has 1 N–H and O–H groups in total. The van der Waals surface area contributed by atoms with Crippen LogP contribution in [0.4, 0.5) is 0 Å². The van der Waals surface area contributed by atoms with Crippen molar-refractivity contribution in [2.75, 3.05) is 19.6 Å². The average molecular weight is 304 g/mol. The molecule has 0 unspecified atom stereocenters. The van der Waals surface area contributed by atoms with Crippen molar-refractivity contribution in [2.24, 2.45) is 5.92 Å². The zero-order chi connectivity index (χ0) is 14.4. The SMILES string of the molecule is O=C(N[C@H]1CN2CCC1CC2)c1cc2cc(Cl)ccn2c1. The number of hydrogen-bond donors (Lipinski definition) is 1. The van der Waals surface area contributed by atoms with Gasteiger partial charge < -0.3 is 14.6 Å². The topological polar surface area (TPSA) is 36.8 Å². The van der Waals surface area contributed by atoms with Crippen LogP contribution in [0.1, 0.15) is 23.2 Å². The van der Waals surface area contributed by atoms with Crippen LogP contribution < -0.4 is 5.32 Å². The van der Waals surface area contributed by atoms with Gasteiger partial charge in [-0.25, -0.2) is 0 Å². The Hall–Kier alpha value is -1.52. The Balaban J connectivity index is 1.53. The van der Waals surface area contributed by atoms with Gasteiger partial charge in [0.05, 0.1) is 5.56 Å². The molecule has 3 fully saturated rings. The van der Waals surface area contributed by atoms with E-state index in [1.165, 1.54) is 25.9 Å². The molecular weight excluding hydrogens is 286 g/mol. The first-order valence-electron chi connectivity index (χ1n) is 7.49. The van der Waals surface area contributed by atoms with Crippen molar-refractivity contribution in [3.63, 3.8) is 0 Å². The normalized spacial score (nSPS) is 28.0. The minimum absolute atomic E-state index is 0.0218. The lowest BCUT2D eigenvalue weighted by atomic mass is 9.84. The summed E-state index contributed by atoms with van der Waals surface area (Å²) in [7, 11) is 0. The smallest absolute Gasteiger partial charge is 0.253 e. The van der Waals surface area contributed by atoms with Gasteiger partial charge in [0.25, 0.3) is 5.91 Å².